The second kappa shape index (κ2) is 8.67. The Labute approximate surface area is 145 Å². The van der Waals surface area contributed by atoms with Crippen LogP contribution < -0.4 is 11.1 Å². The van der Waals surface area contributed by atoms with Crippen molar-refractivity contribution >= 4 is 18.3 Å². The van der Waals surface area contributed by atoms with E-state index in [2.05, 4.69) is 26.1 Å². The fourth-order valence-electron chi connectivity index (χ4n) is 3.13. The van der Waals surface area contributed by atoms with Crippen LogP contribution in [-0.4, -0.2) is 25.2 Å². The highest BCUT2D eigenvalue weighted by molar-refractivity contribution is 5.94. The predicted molar refractivity (Wildman–Crippen MR) is 95.8 cm³/mol. The molecular weight excluding hydrogens is 312 g/mol. The molecule has 3 N–H and O–H groups in total. The van der Waals surface area contributed by atoms with Crippen LogP contribution >= 0.6 is 12.4 Å². The van der Waals surface area contributed by atoms with E-state index in [4.69, 9.17) is 10.5 Å². The second-order valence-electron chi connectivity index (χ2n) is 7.17. The summed E-state index contributed by atoms with van der Waals surface area (Å²) in [7, 11) is 0. The molecule has 0 bridgehead atoms. The smallest absolute Gasteiger partial charge is 0.251 e. The van der Waals surface area contributed by atoms with Crippen molar-refractivity contribution < 1.29 is 9.53 Å². The summed E-state index contributed by atoms with van der Waals surface area (Å²) in [6.07, 6.45) is 2.37. The predicted octanol–water partition coefficient (Wildman–Crippen LogP) is 3.14. The molecule has 1 heterocycles. The van der Waals surface area contributed by atoms with Crippen molar-refractivity contribution in [3.05, 3.63) is 35.4 Å². The van der Waals surface area contributed by atoms with Gasteiger partial charge < -0.3 is 15.8 Å². The second-order valence-corrected chi connectivity index (χ2v) is 7.17. The zero-order valence-electron chi connectivity index (χ0n) is 14.3. The van der Waals surface area contributed by atoms with Gasteiger partial charge in [0.15, 0.2) is 0 Å². The molecule has 4 nitrogen and oxygen atoms in total. The van der Waals surface area contributed by atoms with Crippen LogP contribution in [0.25, 0.3) is 0 Å². The SMILES string of the molecule is CC(C)(C)C1OCCCC1CNC(=O)c1ccc(CN)cc1.Cl. The summed E-state index contributed by atoms with van der Waals surface area (Å²) in [4.78, 5) is 12.3. The first-order chi connectivity index (χ1) is 10.4. The average Bonchev–Trinajstić information content (AvgIpc) is 2.52. The van der Waals surface area contributed by atoms with E-state index in [0.717, 1.165) is 25.0 Å². The summed E-state index contributed by atoms with van der Waals surface area (Å²) in [5, 5.41) is 3.06. The lowest BCUT2D eigenvalue weighted by Crippen LogP contribution is -2.45. The van der Waals surface area contributed by atoms with Gasteiger partial charge in [-0.15, -0.1) is 12.4 Å². The lowest BCUT2D eigenvalue weighted by atomic mass is 9.78. The van der Waals surface area contributed by atoms with E-state index in [1.54, 1.807) is 0 Å². The van der Waals surface area contributed by atoms with Gasteiger partial charge in [-0.2, -0.15) is 0 Å². The molecule has 130 valence electrons. The molecule has 23 heavy (non-hydrogen) atoms. The summed E-state index contributed by atoms with van der Waals surface area (Å²) in [6, 6.07) is 7.46. The number of carbonyl (C=O) groups is 1. The Morgan fingerprint density at radius 1 is 1.30 bits per heavy atom. The van der Waals surface area contributed by atoms with Gasteiger partial charge in [0.2, 0.25) is 0 Å². The standard InChI is InChI=1S/C18H28N2O2.ClH/c1-18(2,3)16-15(5-4-10-22-16)12-20-17(21)14-8-6-13(11-19)7-9-14;/h6-9,15-16H,4-5,10-12,19H2,1-3H3,(H,20,21);1H. The minimum atomic E-state index is -0.0261. The van der Waals surface area contributed by atoms with Crippen molar-refractivity contribution in [3.63, 3.8) is 0 Å². The van der Waals surface area contributed by atoms with Gasteiger partial charge in [-0.1, -0.05) is 32.9 Å². The van der Waals surface area contributed by atoms with Gasteiger partial charge in [0.25, 0.3) is 5.91 Å². The molecule has 0 aromatic heterocycles. The molecule has 2 rings (SSSR count). The van der Waals surface area contributed by atoms with Gasteiger partial charge in [-0.05, 0) is 36.0 Å². The van der Waals surface area contributed by atoms with E-state index in [1.807, 2.05) is 24.3 Å². The Bertz CT molecular complexity index is 497. The fraction of sp³-hybridized carbons (Fsp3) is 0.611. The highest BCUT2D eigenvalue weighted by atomic mass is 35.5. The van der Waals surface area contributed by atoms with E-state index in [1.165, 1.54) is 0 Å². The Balaban J connectivity index is 0.00000264. The molecule has 2 unspecified atom stereocenters. The van der Waals surface area contributed by atoms with Crippen LogP contribution in [-0.2, 0) is 11.3 Å². The summed E-state index contributed by atoms with van der Waals surface area (Å²) in [5.41, 5.74) is 7.38. The third-order valence-electron chi connectivity index (χ3n) is 4.28. The van der Waals surface area contributed by atoms with Crippen LogP contribution in [0, 0.1) is 11.3 Å². The molecule has 1 aromatic rings. The zero-order valence-corrected chi connectivity index (χ0v) is 15.1. The van der Waals surface area contributed by atoms with Crippen LogP contribution in [0.5, 0.6) is 0 Å². The number of hydrogen-bond acceptors (Lipinski definition) is 3. The van der Waals surface area contributed by atoms with Crippen molar-refractivity contribution in [1.82, 2.24) is 5.32 Å². The monoisotopic (exact) mass is 340 g/mol. The van der Waals surface area contributed by atoms with E-state index < -0.39 is 0 Å². The fourth-order valence-corrected chi connectivity index (χ4v) is 3.13. The maximum atomic E-state index is 12.3. The van der Waals surface area contributed by atoms with Gasteiger partial charge >= 0.3 is 0 Å². The molecule has 1 amide bonds. The molecule has 0 spiro atoms. The van der Waals surface area contributed by atoms with Crippen LogP contribution in [0.1, 0.15) is 49.5 Å². The highest BCUT2D eigenvalue weighted by Crippen LogP contribution is 2.33. The molecule has 0 saturated carbocycles. The number of rotatable bonds is 4. The quantitative estimate of drug-likeness (QED) is 0.885. The minimum absolute atomic E-state index is 0. The summed E-state index contributed by atoms with van der Waals surface area (Å²) >= 11 is 0. The number of carbonyl (C=O) groups excluding carboxylic acids is 1. The van der Waals surface area contributed by atoms with Crippen LogP contribution in [0.3, 0.4) is 0 Å². The Morgan fingerprint density at radius 3 is 2.52 bits per heavy atom. The summed E-state index contributed by atoms with van der Waals surface area (Å²) in [6.45, 7) is 8.58. The summed E-state index contributed by atoms with van der Waals surface area (Å²) in [5.74, 6) is 0.350. The third kappa shape index (κ3) is 5.48. The van der Waals surface area contributed by atoms with Gasteiger partial charge in [0, 0.05) is 31.2 Å². The number of halogens is 1. The minimum Gasteiger partial charge on any atom is -0.377 e. The topological polar surface area (TPSA) is 64.3 Å². The largest absolute Gasteiger partial charge is 0.377 e. The maximum Gasteiger partial charge on any atom is 0.251 e. The Morgan fingerprint density at radius 2 is 1.96 bits per heavy atom. The van der Waals surface area contributed by atoms with Gasteiger partial charge in [0.05, 0.1) is 6.10 Å². The molecule has 5 heteroatoms. The number of ether oxygens (including phenoxy) is 1. The molecule has 0 aliphatic carbocycles. The lowest BCUT2D eigenvalue weighted by molar-refractivity contribution is -0.0839. The number of nitrogens with two attached hydrogens (primary N) is 1. The Hall–Kier alpha value is -1.10. The van der Waals surface area contributed by atoms with Crippen molar-refractivity contribution in [3.8, 4) is 0 Å². The molecule has 1 aliphatic heterocycles. The zero-order chi connectivity index (χ0) is 16.2. The number of nitrogens with one attached hydrogen (secondary N) is 1. The maximum absolute atomic E-state index is 12.3. The third-order valence-corrected chi connectivity index (χ3v) is 4.28. The highest BCUT2D eigenvalue weighted by Gasteiger charge is 2.35. The van der Waals surface area contributed by atoms with Gasteiger partial charge in [-0.3, -0.25) is 4.79 Å². The van der Waals surface area contributed by atoms with E-state index in [9.17, 15) is 4.79 Å². The molecule has 1 aliphatic rings. The van der Waals surface area contributed by atoms with Crippen LogP contribution in [0.2, 0.25) is 0 Å². The molecule has 1 fully saturated rings. The first kappa shape index (κ1) is 19.9. The van der Waals surface area contributed by atoms with Crippen molar-refractivity contribution in [1.29, 1.82) is 0 Å². The molecule has 2 atom stereocenters. The number of hydrogen-bond donors (Lipinski definition) is 2. The van der Waals surface area contributed by atoms with E-state index in [0.29, 0.717) is 24.6 Å². The first-order valence-corrected chi connectivity index (χ1v) is 8.10. The normalized spacial score (nSPS) is 21.4. The van der Waals surface area contributed by atoms with E-state index in [-0.39, 0.29) is 29.8 Å². The van der Waals surface area contributed by atoms with Crippen molar-refractivity contribution in [2.75, 3.05) is 13.2 Å². The van der Waals surface area contributed by atoms with E-state index >= 15 is 0 Å². The molecular formula is C18H29ClN2O2. The van der Waals surface area contributed by atoms with Gasteiger partial charge in [-0.25, -0.2) is 0 Å². The van der Waals surface area contributed by atoms with Crippen LogP contribution in [0.4, 0.5) is 0 Å². The number of amides is 1. The van der Waals surface area contributed by atoms with Crippen molar-refractivity contribution in [2.24, 2.45) is 17.1 Å². The molecule has 1 saturated heterocycles. The van der Waals surface area contributed by atoms with Gasteiger partial charge in [0.1, 0.15) is 0 Å². The molecule has 0 radical (unpaired) electrons. The molecule has 1 aromatic carbocycles. The summed E-state index contributed by atoms with van der Waals surface area (Å²) < 4.78 is 5.96. The first-order valence-electron chi connectivity index (χ1n) is 8.10. The van der Waals surface area contributed by atoms with Crippen LogP contribution in [0.15, 0.2) is 24.3 Å². The lowest BCUT2D eigenvalue weighted by Gasteiger charge is -2.40. The number of benzene rings is 1. The Kier molecular flexibility index (Phi) is 7.52. The average molecular weight is 341 g/mol. The van der Waals surface area contributed by atoms with Crippen molar-refractivity contribution in [2.45, 2.75) is 46.3 Å².